The molecule has 0 saturated heterocycles. The zero-order valence-corrected chi connectivity index (χ0v) is 38.6. The van der Waals surface area contributed by atoms with E-state index in [1.807, 2.05) is 0 Å². The molecule has 0 radical (unpaired) electrons. The molecule has 4 saturated carbocycles. The molecule has 0 spiro atoms. The summed E-state index contributed by atoms with van der Waals surface area (Å²) in [5, 5.41) is 2.65. The molecule has 9 atom stereocenters. The number of hydrogen-bond donors (Lipinski definition) is 2. The van der Waals surface area contributed by atoms with E-state index < -0.39 is 15.9 Å². The smallest absolute Gasteiger partial charge is 0.306 e. The Bertz CT molecular complexity index is 1640. The fraction of sp³-hybridized carbons (Fsp3) is 0.692. The Kier molecular flexibility index (Phi) is 21.4. The van der Waals surface area contributed by atoms with E-state index in [1.165, 1.54) is 38.5 Å². The lowest BCUT2D eigenvalue weighted by atomic mass is 9.44. The van der Waals surface area contributed by atoms with Crippen LogP contribution in [0.25, 0.3) is 0 Å². The number of hydrogen-bond acceptors (Lipinski definition) is 5. The molecule has 0 aromatic rings. The molecular formula is C52H81NO6S. The molecule has 336 valence electrons. The zero-order chi connectivity index (χ0) is 43.3. The molecule has 2 N–H and O–H groups in total. The first kappa shape index (κ1) is 49.7. The van der Waals surface area contributed by atoms with Crippen LogP contribution in [-0.4, -0.2) is 43.2 Å². The monoisotopic (exact) mass is 848 g/mol. The normalized spacial score (nSPS) is 30.3. The number of esters is 1. The molecule has 4 fully saturated rings. The van der Waals surface area contributed by atoms with Crippen LogP contribution in [0.4, 0.5) is 0 Å². The molecule has 0 bridgehead atoms. The third kappa shape index (κ3) is 16.1. The van der Waals surface area contributed by atoms with Gasteiger partial charge in [-0.05, 0) is 168 Å². The second kappa shape index (κ2) is 25.8. The highest BCUT2D eigenvalue weighted by atomic mass is 32.2. The number of rotatable bonds is 25. The summed E-state index contributed by atoms with van der Waals surface area (Å²) in [6.07, 6.45) is 52.2. The van der Waals surface area contributed by atoms with Crippen molar-refractivity contribution in [3.8, 4) is 0 Å². The number of carbonyl (C=O) groups is 2. The zero-order valence-electron chi connectivity index (χ0n) is 37.8. The van der Waals surface area contributed by atoms with Crippen LogP contribution in [0.2, 0.25) is 0 Å². The number of allylic oxidation sites excluding steroid dienone is 14. The standard InChI is InChI=1S/C52H81NO6S/c1-5-6-7-8-9-10-11-12-13-14-15-16-17-18-19-20-21-22-23-24-25-26-27-28-50(55)59-44-35-37-51(3)43(41-44)30-31-45-47-33-32-46(52(47,4)38-36-48(45)51)42(2)29-34-49(54)53-39-40-60(56,57)58/h6-7,9-10,12-13,15-16,18-19,21-22,24-25,42-48H,5,8,11,14,17,20,23,26-41H2,1-4H3,(H,53,54)(H,56,57,58)/b7-6-,10-9-,13-12-,16-15-,19-18-,22-21-,25-24-. The number of amides is 1. The first-order valence-electron chi connectivity index (χ1n) is 23.8. The second-order valence-electron chi connectivity index (χ2n) is 18.9. The maximum absolute atomic E-state index is 12.9. The van der Waals surface area contributed by atoms with Gasteiger partial charge < -0.3 is 10.1 Å². The van der Waals surface area contributed by atoms with Crippen LogP contribution < -0.4 is 5.32 Å². The van der Waals surface area contributed by atoms with E-state index in [-0.39, 0.29) is 24.5 Å². The van der Waals surface area contributed by atoms with Gasteiger partial charge >= 0.3 is 5.97 Å². The van der Waals surface area contributed by atoms with E-state index in [4.69, 9.17) is 9.29 Å². The first-order chi connectivity index (χ1) is 28.9. The molecule has 4 rings (SSSR count). The van der Waals surface area contributed by atoms with Crippen LogP contribution in [0.1, 0.15) is 163 Å². The summed E-state index contributed by atoms with van der Waals surface area (Å²) in [5.41, 5.74) is 0.631. The predicted octanol–water partition coefficient (Wildman–Crippen LogP) is 12.8. The highest BCUT2D eigenvalue weighted by molar-refractivity contribution is 7.85. The van der Waals surface area contributed by atoms with Gasteiger partial charge in [0.1, 0.15) is 6.10 Å². The van der Waals surface area contributed by atoms with E-state index in [0.717, 1.165) is 101 Å². The van der Waals surface area contributed by atoms with Gasteiger partial charge in [-0.25, -0.2) is 0 Å². The summed E-state index contributed by atoms with van der Waals surface area (Å²) in [6.45, 7) is 9.53. The molecule has 9 unspecified atom stereocenters. The van der Waals surface area contributed by atoms with Crippen molar-refractivity contribution in [2.75, 3.05) is 12.3 Å². The Hall–Kier alpha value is -2.97. The van der Waals surface area contributed by atoms with Crippen LogP contribution in [0.5, 0.6) is 0 Å². The van der Waals surface area contributed by atoms with Gasteiger partial charge in [-0.1, -0.05) is 113 Å². The molecule has 0 aromatic carbocycles. The minimum atomic E-state index is -4.07. The topological polar surface area (TPSA) is 110 Å². The Balaban J connectivity index is 1.06. The Morgan fingerprint density at radius 1 is 0.717 bits per heavy atom. The average Bonchev–Trinajstić information content (AvgIpc) is 3.57. The Morgan fingerprint density at radius 3 is 1.85 bits per heavy atom. The van der Waals surface area contributed by atoms with Crippen molar-refractivity contribution in [1.29, 1.82) is 0 Å². The molecule has 0 heterocycles. The number of fused-ring (bicyclic) bond motifs is 5. The summed E-state index contributed by atoms with van der Waals surface area (Å²) in [5.74, 6) is 3.29. The summed E-state index contributed by atoms with van der Waals surface area (Å²) in [7, 11) is -4.07. The van der Waals surface area contributed by atoms with Crippen LogP contribution in [-0.2, 0) is 24.4 Å². The number of ether oxygens (including phenoxy) is 1. The number of unbranched alkanes of at least 4 members (excludes halogenated alkanes) is 1. The summed E-state index contributed by atoms with van der Waals surface area (Å²) in [4.78, 5) is 25.3. The van der Waals surface area contributed by atoms with Gasteiger partial charge in [0.05, 0.1) is 5.75 Å². The lowest BCUT2D eigenvalue weighted by molar-refractivity contribution is -0.162. The van der Waals surface area contributed by atoms with Gasteiger partial charge in [0.15, 0.2) is 0 Å². The summed E-state index contributed by atoms with van der Waals surface area (Å²) < 4.78 is 37.0. The maximum Gasteiger partial charge on any atom is 0.306 e. The SMILES string of the molecule is CC/C=C\C/C=C\C/C=C\C/C=C\C/C=C\C/C=C\C/C=C\CCCC(=O)OC1CCC2(C)C(CCC3C2CCC2(C)C(C(C)CCC(=O)NCCS(=O)(=O)O)CCC32)C1. The van der Waals surface area contributed by atoms with E-state index >= 15 is 0 Å². The van der Waals surface area contributed by atoms with Gasteiger partial charge in [-0.15, -0.1) is 0 Å². The summed E-state index contributed by atoms with van der Waals surface area (Å²) >= 11 is 0. The van der Waals surface area contributed by atoms with Gasteiger partial charge in [-0.3, -0.25) is 14.1 Å². The lowest BCUT2D eigenvalue weighted by Crippen LogP contribution is -2.54. The third-order valence-corrected chi connectivity index (χ3v) is 15.7. The molecular weight excluding hydrogens is 767 g/mol. The van der Waals surface area contributed by atoms with Crippen molar-refractivity contribution in [1.82, 2.24) is 5.32 Å². The van der Waals surface area contributed by atoms with E-state index in [9.17, 15) is 18.0 Å². The molecule has 8 heteroatoms. The fourth-order valence-corrected chi connectivity index (χ4v) is 12.1. The second-order valence-corrected chi connectivity index (χ2v) is 20.5. The van der Waals surface area contributed by atoms with Crippen molar-refractivity contribution >= 4 is 22.0 Å². The van der Waals surface area contributed by atoms with E-state index in [2.05, 4.69) is 118 Å². The minimum Gasteiger partial charge on any atom is -0.462 e. The number of carbonyl (C=O) groups excluding carboxylic acids is 2. The average molecular weight is 848 g/mol. The van der Waals surface area contributed by atoms with Crippen molar-refractivity contribution in [3.63, 3.8) is 0 Å². The van der Waals surface area contributed by atoms with Crippen LogP contribution >= 0.6 is 0 Å². The molecule has 4 aliphatic carbocycles. The van der Waals surface area contributed by atoms with Crippen LogP contribution in [0, 0.1) is 46.3 Å². The third-order valence-electron chi connectivity index (χ3n) is 15.0. The summed E-state index contributed by atoms with van der Waals surface area (Å²) in [6, 6.07) is 0. The van der Waals surface area contributed by atoms with Gasteiger partial charge in [0, 0.05) is 19.4 Å². The quantitative estimate of drug-likeness (QED) is 0.0410. The Labute approximate surface area is 365 Å². The molecule has 4 aliphatic rings. The molecule has 1 amide bonds. The van der Waals surface area contributed by atoms with Crippen molar-refractivity contribution in [2.24, 2.45) is 46.3 Å². The largest absolute Gasteiger partial charge is 0.462 e. The van der Waals surface area contributed by atoms with Crippen molar-refractivity contribution < 1.29 is 27.3 Å². The van der Waals surface area contributed by atoms with E-state index in [0.29, 0.717) is 41.4 Å². The molecule has 0 aliphatic heterocycles. The van der Waals surface area contributed by atoms with E-state index in [1.54, 1.807) is 0 Å². The van der Waals surface area contributed by atoms with Gasteiger partial charge in [-0.2, -0.15) is 8.42 Å². The molecule has 60 heavy (non-hydrogen) atoms. The minimum absolute atomic E-state index is 0.0298. The van der Waals surface area contributed by atoms with Crippen LogP contribution in [0.15, 0.2) is 85.1 Å². The number of nitrogens with one attached hydrogen (secondary N) is 1. The molecule has 0 aromatic heterocycles. The fourth-order valence-electron chi connectivity index (χ4n) is 11.8. The highest BCUT2D eigenvalue weighted by Gasteiger charge is 2.60. The van der Waals surface area contributed by atoms with Gasteiger partial charge in [0.2, 0.25) is 5.91 Å². The van der Waals surface area contributed by atoms with Crippen molar-refractivity contribution in [2.45, 2.75) is 169 Å². The Morgan fingerprint density at radius 2 is 1.27 bits per heavy atom. The molecule has 7 nitrogen and oxygen atoms in total. The first-order valence-corrected chi connectivity index (χ1v) is 25.4. The van der Waals surface area contributed by atoms with Crippen molar-refractivity contribution in [3.05, 3.63) is 85.1 Å². The maximum atomic E-state index is 12.9. The van der Waals surface area contributed by atoms with Crippen LogP contribution in [0.3, 0.4) is 0 Å². The highest BCUT2D eigenvalue weighted by Crippen LogP contribution is 2.68. The van der Waals surface area contributed by atoms with Gasteiger partial charge in [0.25, 0.3) is 10.1 Å². The lowest BCUT2D eigenvalue weighted by Gasteiger charge is -2.61. The predicted molar refractivity (Wildman–Crippen MR) is 249 cm³/mol.